The second-order valence-corrected chi connectivity index (χ2v) is 22.3. The molecule has 0 radical (unpaired) electrons. The van der Waals surface area contributed by atoms with Crippen molar-refractivity contribution in [2.45, 2.75) is 302 Å². The summed E-state index contributed by atoms with van der Waals surface area (Å²) in [7, 11) is -2.92. The van der Waals surface area contributed by atoms with Crippen LogP contribution in [0.1, 0.15) is 297 Å². The van der Waals surface area contributed by atoms with Gasteiger partial charge in [-0.15, -0.1) is 0 Å². The second-order valence-electron chi connectivity index (χ2n) is 18.0. The maximum absolute atomic E-state index is 6.77. The number of unbranched alkanes of at least 4 members (excludes halogenated alkanes) is 39. The molecule has 0 amide bonds. The van der Waals surface area contributed by atoms with Crippen LogP contribution in [0.2, 0.25) is 0 Å². The molecular weight excluding hydrogens is 753 g/mol. The minimum atomic E-state index is -2.92. The predicted molar refractivity (Wildman–Crippen MR) is 266 cm³/mol. The predicted octanol–water partition coefficient (Wildman–Crippen LogP) is 18.6. The highest BCUT2D eigenvalue weighted by Gasteiger charge is 2.47. The van der Waals surface area contributed by atoms with Crippen LogP contribution in [0.4, 0.5) is 0 Å². The molecule has 0 aliphatic heterocycles. The van der Waals surface area contributed by atoms with E-state index in [-0.39, 0.29) is 4.87 Å². The van der Waals surface area contributed by atoms with Crippen LogP contribution in [0.3, 0.4) is 0 Å². The van der Waals surface area contributed by atoms with E-state index in [9.17, 15) is 0 Å². The van der Waals surface area contributed by atoms with E-state index in [4.69, 9.17) is 25.9 Å². The highest BCUT2D eigenvalue weighted by atomic mass is 32.1. The van der Waals surface area contributed by atoms with Crippen LogP contribution in [-0.2, 0) is 13.3 Å². The monoisotopic (exact) mass is 859 g/mol. The summed E-state index contributed by atoms with van der Waals surface area (Å²) in [5.74, 6) is 0.787. The van der Waals surface area contributed by atoms with Crippen LogP contribution >= 0.6 is 25.3 Å². The SMILES string of the molecule is CCCCCCCCCCCCCCCCO[Si](OCCCCCCCCCCCCCCCC)(OCCCCCCCCCCCCCCCC)C(S)CCS. The highest BCUT2D eigenvalue weighted by molar-refractivity contribution is 7.83. The van der Waals surface area contributed by atoms with Gasteiger partial charge in [-0.2, -0.15) is 25.3 Å². The molecule has 1 unspecified atom stereocenters. The Morgan fingerprint density at radius 2 is 0.474 bits per heavy atom. The van der Waals surface area contributed by atoms with E-state index in [1.807, 2.05) is 0 Å². The first-order valence-electron chi connectivity index (χ1n) is 26.4. The van der Waals surface area contributed by atoms with Gasteiger partial charge in [0.25, 0.3) is 0 Å². The quantitative estimate of drug-likeness (QED) is 0.0363. The first-order valence-corrected chi connectivity index (χ1v) is 29.3. The fraction of sp³-hybridized carbons (Fsp3) is 1.00. The fourth-order valence-electron chi connectivity index (χ4n) is 8.25. The smallest absolute Gasteiger partial charge is 0.373 e. The van der Waals surface area contributed by atoms with Crippen molar-refractivity contribution in [3.8, 4) is 0 Å². The van der Waals surface area contributed by atoms with Gasteiger partial charge in [0.2, 0.25) is 0 Å². The van der Waals surface area contributed by atoms with E-state index in [0.717, 1.165) is 51.3 Å². The molecule has 0 saturated heterocycles. The minimum absolute atomic E-state index is 0.0000608. The van der Waals surface area contributed by atoms with E-state index >= 15 is 0 Å². The lowest BCUT2D eigenvalue weighted by atomic mass is 10.0. The van der Waals surface area contributed by atoms with Crippen molar-refractivity contribution in [1.29, 1.82) is 0 Å². The molecule has 6 heteroatoms. The fourth-order valence-corrected chi connectivity index (χ4v) is 12.4. The summed E-state index contributed by atoms with van der Waals surface area (Å²) < 4.78 is 20.3. The lowest BCUT2D eigenvalue weighted by Crippen LogP contribution is -2.55. The molecule has 0 aromatic heterocycles. The van der Waals surface area contributed by atoms with E-state index in [2.05, 4.69) is 33.4 Å². The Labute approximate surface area is 372 Å². The molecule has 0 N–H and O–H groups in total. The standard InChI is InChI=1S/C51H106O3S2Si/c1-4-7-10-13-16-19-22-25-28-31-34-37-40-43-47-52-57(51(56)46-50-55,53-48-44-41-38-35-32-29-26-23-20-17-14-11-8-5-2)54-49-45-42-39-36-33-30-27-24-21-18-15-12-9-6-3/h51,55-56H,4-50H2,1-3H3. The van der Waals surface area contributed by atoms with E-state index < -0.39 is 8.80 Å². The molecule has 0 rings (SSSR count). The lowest BCUT2D eigenvalue weighted by molar-refractivity contribution is 0.0534. The van der Waals surface area contributed by atoms with Gasteiger partial charge < -0.3 is 13.3 Å². The molecule has 0 aliphatic rings. The normalized spacial score (nSPS) is 12.6. The highest BCUT2D eigenvalue weighted by Crippen LogP contribution is 2.26. The largest absolute Gasteiger partial charge is 0.514 e. The van der Waals surface area contributed by atoms with E-state index in [0.29, 0.717) is 0 Å². The average molecular weight is 860 g/mol. The first kappa shape index (κ1) is 57.8. The zero-order valence-electron chi connectivity index (χ0n) is 39.4. The molecule has 344 valence electrons. The van der Waals surface area contributed by atoms with Gasteiger partial charge in [-0.1, -0.05) is 271 Å². The molecule has 0 heterocycles. The summed E-state index contributed by atoms with van der Waals surface area (Å²) in [4.78, 5) is -0.0000608. The van der Waals surface area contributed by atoms with Gasteiger partial charge in [0.05, 0.1) is 4.87 Å². The Bertz CT molecular complexity index is 645. The summed E-state index contributed by atoms with van der Waals surface area (Å²) in [6.07, 6.45) is 58.4. The second kappa shape index (κ2) is 49.5. The number of thiol groups is 2. The topological polar surface area (TPSA) is 27.7 Å². The maximum Gasteiger partial charge on any atom is 0.514 e. The van der Waals surface area contributed by atoms with Crippen molar-refractivity contribution in [2.75, 3.05) is 25.6 Å². The van der Waals surface area contributed by atoms with Crippen LogP contribution < -0.4 is 0 Å². The van der Waals surface area contributed by atoms with Crippen LogP contribution in [-0.4, -0.2) is 39.3 Å². The molecule has 0 aromatic carbocycles. The molecule has 3 nitrogen and oxygen atoms in total. The third-order valence-corrected chi connectivity index (χ3v) is 16.6. The van der Waals surface area contributed by atoms with Crippen LogP contribution in [0.25, 0.3) is 0 Å². The summed E-state index contributed by atoms with van der Waals surface area (Å²) >= 11 is 9.71. The van der Waals surface area contributed by atoms with Gasteiger partial charge in [0.15, 0.2) is 0 Å². The van der Waals surface area contributed by atoms with Crippen molar-refractivity contribution in [3.63, 3.8) is 0 Å². The Morgan fingerprint density at radius 1 is 0.298 bits per heavy atom. The molecule has 0 spiro atoms. The van der Waals surface area contributed by atoms with Gasteiger partial charge in [-0.3, -0.25) is 0 Å². The van der Waals surface area contributed by atoms with Crippen molar-refractivity contribution in [3.05, 3.63) is 0 Å². The molecule has 0 saturated carbocycles. The van der Waals surface area contributed by atoms with Gasteiger partial charge in [-0.05, 0) is 31.4 Å². The first-order chi connectivity index (χ1) is 28.2. The van der Waals surface area contributed by atoms with Crippen LogP contribution in [0.5, 0.6) is 0 Å². The molecular formula is C51H106O3S2Si. The summed E-state index contributed by atoms with van der Waals surface area (Å²) in [5.41, 5.74) is 0. The molecule has 0 aromatic rings. The molecule has 1 atom stereocenters. The Morgan fingerprint density at radius 3 is 0.649 bits per heavy atom. The summed E-state index contributed by atoms with van der Waals surface area (Å²) in [6, 6.07) is 0. The van der Waals surface area contributed by atoms with Crippen LogP contribution in [0.15, 0.2) is 0 Å². The van der Waals surface area contributed by atoms with Crippen molar-refractivity contribution >= 4 is 34.1 Å². The molecule has 0 fully saturated rings. The minimum Gasteiger partial charge on any atom is -0.373 e. The molecule has 57 heavy (non-hydrogen) atoms. The number of rotatable bonds is 51. The van der Waals surface area contributed by atoms with Gasteiger partial charge in [0.1, 0.15) is 0 Å². The summed E-state index contributed by atoms with van der Waals surface area (Å²) in [6.45, 7) is 9.14. The Kier molecular flexibility index (Phi) is 50.1. The van der Waals surface area contributed by atoms with Gasteiger partial charge >= 0.3 is 8.80 Å². The zero-order chi connectivity index (χ0) is 41.4. The van der Waals surface area contributed by atoms with Crippen molar-refractivity contribution < 1.29 is 13.3 Å². The number of hydrogen-bond acceptors (Lipinski definition) is 5. The zero-order valence-corrected chi connectivity index (χ0v) is 42.2. The molecule has 0 bridgehead atoms. The summed E-state index contributed by atoms with van der Waals surface area (Å²) in [5, 5.41) is 0. The average Bonchev–Trinajstić information content (AvgIpc) is 3.22. The van der Waals surface area contributed by atoms with Crippen LogP contribution in [0, 0.1) is 0 Å². The van der Waals surface area contributed by atoms with E-state index in [1.54, 1.807) is 0 Å². The van der Waals surface area contributed by atoms with E-state index in [1.165, 1.54) is 250 Å². The Balaban J connectivity index is 4.54. The van der Waals surface area contributed by atoms with Crippen molar-refractivity contribution in [2.24, 2.45) is 0 Å². The number of hydrogen-bond donors (Lipinski definition) is 2. The van der Waals surface area contributed by atoms with Crippen molar-refractivity contribution in [1.82, 2.24) is 0 Å². The van der Waals surface area contributed by atoms with Gasteiger partial charge in [-0.25, -0.2) is 0 Å². The van der Waals surface area contributed by atoms with Gasteiger partial charge in [0, 0.05) is 19.8 Å². The third kappa shape index (κ3) is 41.9. The molecule has 0 aliphatic carbocycles. The Hall–Kier alpha value is 0.797. The lowest BCUT2D eigenvalue weighted by Gasteiger charge is -2.34. The third-order valence-electron chi connectivity index (χ3n) is 12.2. The maximum atomic E-state index is 6.77.